The standard InChI is InChI=1S/C18H12BrClN2O4/c19-11-6-4-10(5-7-11)8-9-21-16-15(20)18(24)14-12(17(16)23)2-1-3-13(14)22(25)26/h1-7,21H,8-9H2. The monoisotopic (exact) mass is 434 g/mol. The van der Waals surface area contributed by atoms with Crippen molar-refractivity contribution in [2.75, 3.05) is 6.54 Å². The Morgan fingerprint density at radius 2 is 1.77 bits per heavy atom. The largest absolute Gasteiger partial charge is 0.380 e. The zero-order valence-electron chi connectivity index (χ0n) is 13.3. The Bertz CT molecular complexity index is 954. The Balaban J connectivity index is 1.83. The number of nitro benzene ring substituents is 1. The zero-order chi connectivity index (χ0) is 18.8. The van der Waals surface area contributed by atoms with Gasteiger partial charge in [-0.25, -0.2) is 0 Å². The summed E-state index contributed by atoms with van der Waals surface area (Å²) >= 11 is 9.41. The number of fused-ring (bicyclic) bond motifs is 1. The first-order valence-electron chi connectivity index (χ1n) is 7.65. The van der Waals surface area contributed by atoms with Crippen molar-refractivity contribution in [3.05, 3.63) is 84.5 Å². The SMILES string of the molecule is O=C1C(NCCc2ccc(Br)cc2)=C(Cl)C(=O)c2c1cccc2[N+](=O)[O-]. The molecule has 1 aliphatic rings. The number of hydrogen-bond acceptors (Lipinski definition) is 5. The van der Waals surface area contributed by atoms with E-state index in [4.69, 9.17) is 11.6 Å². The minimum Gasteiger partial charge on any atom is -0.380 e. The fraction of sp³-hybridized carbons (Fsp3) is 0.111. The molecule has 0 fully saturated rings. The van der Waals surface area contributed by atoms with Crippen LogP contribution in [0.2, 0.25) is 0 Å². The highest BCUT2D eigenvalue weighted by atomic mass is 79.9. The van der Waals surface area contributed by atoms with Crippen molar-refractivity contribution in [1.82, 2.24) is 5.32 Å². The second-order valence-electron chi connectivity index (χ2n) is 5.61. The molecule has 8 heteroatoms. The van der Waals surface area contributed by atoms with Gasteiger partial charge < -0.3 is 5.32 Å². The molecule has 0 amide bonds. The lowest BCUT2D eigenvalue weighted by Crippen LogP contribution is -2.30. The van der Waals surface area contributed by atoms with Gasteiger partial charge in [-0.3, -0.25) is 19.7 Å². The van der Waals surface area contributed by atoms with Crippen molar-refractivity contribution >= 4 is 44.8 Å². The van der Waals surface area contributed by atoms with Crippen LogP contribution in [0.3, 0.4) is 0 Å². The summed E-state index contributed by atoms with van der Waals surface area (Å²) in [6.07, 6.45) is 0.615. The van der Waals surface area contributed by atoms with Crippen LogP contribution in [0.1, 0.15) is 26.3 Å². The molecule has 0 aliphatic heterocycles. The predicted octanol–water partition coefficient (Wildman–Crippen LogP) is 4.02. The summed E-state index contributed by atoms with van der Waals surface area (Å²) in [5.74, 6) is -1.25. The summed E-state index contributed by atoms with van der Waals surface area (Å²) in [6, 6.07) is 11.6. The summed E-state index contributed by atoms with van der Waals surface area (Å²) in [6.45, 7) is 0.385. The molecule has 0 atom stereocenters. The molecule has 3 rings (SSSR count). The van der Waals surface area contributed by atoms with E-state index in [1.54, 1.807) is 0 Å². The molecule has 0 spiro atoms. The number of carbonyl (C=O) groups excluding carboxylic acids is 2. The maximum absolute atomic E-state index is 12.6. The molecule has 0 heterocycles. The van der Waals surface area contributed by atoms with Gasteiger partial charge in [0.1, 0.15) is 16.3 Å². The van der Waals surface area contributed by atoms with E-state index in [0.717, 1.165) is 10.0 Å². The molecule has 2 aromatic rings. The summed E-state index contributed by atoms with van der Waals surface area (Å²) in [4.78, 5) is 35.6. The van der Waals surface area contributed by atoms with Crippen LogP contribution in [0.5, 0.6) is 0 Å². The average Bonchev–Trinajstić information content (AvgIpc) is 2.63. The van der Waals surface area contributed by atoms with Gasteiger partial charge in [0.15, 0.2) is 0 Å². The topological polar surface area (TPSA) is 89.3 Å². The molecule has 0 aromatic heterocycles. The molecule has 0 saturated carbocycles. The summed E-state index contributed by atoms with van der Waals surface area (Å²) in [5, 5.41) is 13.7. The number of nitrogens with zero attached hydrogens (tertiary/aromatic N) is 1. The van der Waals surface area contributed by atoms with Gasteiger partial charge in [-0.1, -0.05) is 45.7 Å². The number of ketones is 2. The minimum absolute atomic E-state index is 0.0141. The number of allylic oxidation sites excluding steroid dienone is 2. The van der Waals surface area contributed by atoms with E-state index < -0.39 is 22.2 Å². The fourth-order valence-corrected chi connectivity index (χ4v) is 3.23. The number of benzene rings is 2. The van der Waals surface area contributed by atoms with Crippen LogP contribution in [-0.4, -0.2) is 23.0 Å². The predicted molar refractivity (Wildman–Crippen MR) is 100 cm³/mol. The maximum Gasteiger partial charge on any atom is 0.281 e. The van der Waals surface area contributed by atoms with Crippen LogP contribution in [0.25, 0.3) is 0 Å². The van der Waals surface area contributed by atoms with Crippen LogP contribution < -0.4 is 5.32 Å². The van der Waals surface area contributed by atoms with E-state index >= 15 is 0 Å². The zero-order valence-corrected chi connectivity index (χ0v) is 15.6. The van der Waals surface area contributed by atoms with Gasteiger partial charge >= 0.3 is 0 Å². The normalized spacial score (nSPS) is 13.6. The average molecular weight is 436 g/mol. The molecule has 2 aromatic carbocycles. The molecule has 0 radical (unpaired) electrons. The van der Waals surface area contributed by atoms with Crippen LogP contribution in [-0.2, 0) is 6.42 Å². The Hall–Kier alpha value is -2.51. The smallest absolute Gasteiger partial charge is 0.281 e. The molecule has 1 aliphatic carbocycles. The quantitative estimate of drug-likeness (QED) is 0.566. The maximum atomic E-state index is 12.6. The Labute approximate surface area is 162 Å². The van der Waals surface area contributed by atoms with E-state index in [9.17, 15) is 19.7 Å². The van der Waals surface area contributed by atoms with Crippen LogP contribution in [0.4, 0.5) is 5.69 Å². The highest BCUT2D eigenvalue weighted by Gasteiger charge is 2.36. The summed E-state index contributed by atoms with van der Waals surface area (Å²) in [5.41, 5.74) is 0.323. The first-order valence-corrected chi connectivity index (χ1v) is 8.82. The highest BCUT2D eigenvalue weighted by Crippen LogP contribution is 2.33. The molecule has 0 bridgehead atoms. The number of nitro groups is 1. The van der Waals surface area contributed by atoms with E-state index in [1.165, 1.54) is 18.2 Å². The molecule has 26 heavy (non-hydrogen) atoms. The number of rotatable bonds is 5. The van der Waals surface area contributed by atoms with E-state index in [-0.39, 0.29) is 21.9 Å². The van der Waals surface area contributed by atoms with Gasteiger partial charge in [0, 0.05) is 22.6 Å². The van der Waals surface area contributed by atoms with Gasteiger partial charge in [-0.2, -0.15) is 0 Å². The third-order valence-corrected chi connectivity index (χ3v) is 4.87. The number of carbonyl (C=O) groups is 2. The Morgan fingerprint density at radius 1 is 1.08 bits per heavy atom. The third-order valence-electron chi connectivity index (χ3n) is 3.99. The van der Waals surface area contributed by atoms with Gasteiger partial charge in [0.25, 0.3) is 5.69 Å². The minimum atomic E-state index is -0.722. The number of Topliss-reactive ketones (excluding diaryl/α,β-unsaturated/α-hetero) is 2. The number of hydrogen-bond donors (Lipinski definition) is 1. The van der Waals surface area contributed by atoms with Crippen LogP contribution in [0.15, 0.2) is 57.7 Å². The van der Waals surface area contributed by atoms with Crippen molar-refractivity contribution in [3.8, 4) is 0 Å². The van der Waals surface area contributed by atoms with Crippen LogP contribution >= 0.6 is 27.5 Å². The van der Waals surface area contributed by atoms with E-state index in [2.05, 4.69) is 21.2 Å². The van der Waals surface area contributed by atoms with Gasteiger partial charge in [0.2, 0.25) is 11.6 Å². The second kappa shape index (κ2) is 7.39. The number of nitrogens with one attached hydrogen (secondary N) is 1. The first kappa shape index (κ1) is 18.3. The van der Waals surface area contributed by atoms with Crippen molar-refractivity contribution in [2.24, 2.45) is 0 Å². The summed E-state index contributed by atoms with van der Waals surface area (Å²) < 4.78 is 0.964. The highest BCUT2D eigenvalue weighted by molar-refractivity contribution is 9.10. The van der Waals surface area contributed by atoms with E-state index in [1.807, 2.05) is 24.3 Å². The van der Waals surface area contributed by atoms with Crippen molar-refractivity contribution in [3.63, 3.8) is 0 Å². The lowest BCUT2D eigenvalue weighted by atomic mass is 9.91. The van der Waals surface area contributed by atoms with Gasteiger partial charge in [0.05, 0.1) is 4.92 Å². The Kier molecular flexibility index (Phi) is 5.20. The molecule has 132 valence electrons. The lowest BCUT2D eigenvalue weighted by Gasteiger charge is -2.18. The van der Waals surface area contributed by atoms with Crippen molar-refractivity contribution in [1.29, 1.82) is 0 Å². The molecular formula is C18H12BrClN2O4. The fourth-order valence-electron chi connectivity index (χ4n) is 2.72. The van der Waals surface area contributed by atoms with Gasteiger partial charge in [-0.15, -0.1) is 0 Å². The molecular weight excluding hydrogens is 424 g/mol. The third kappa shape index (κ3) is 3.40. The first-order chi connectivity index (χ1) is 12.4. The van der Waals surface area contributed by atoms with Crippen LogP contribution in [0, 0.1) is 10.1 Å². The second-order valence-corrected chi connectivity index (χ2v) is 6.90. The van der Waals surface area contributed by atoms with E-state index in [0.29, 0.717) is 13.0 Å². The summed E-state index contributed by atoms with van der Waals surface area (Å²) in [7, 11) is 0. The molecule has 6 nitrogen and oxygen atoms in total. The Morgan fingerprint density at radius 3 is 2.42 bits per heavy atom. The number of halogens is 2. The van der Waals surface area contributed by atoms with Gasteiger partial charge in [-0.05, 0) is 30.2 Å². The van der Waals surface area contributed by atoms with Crippen molar-refractivity contribution < 1.29 is 14.5 Å². The lowest BCUT2D eigenvalue weighted by molar-refractivity contribution is -0.385. The van der Waals surface area contributed by atoms with Crippen molar-refractivity contribution in [2.45, 2.75) is 6.42 Å². The molecule has 0 unspecified atom stereocenters. The molecule has 1 N–H and O–H groups in total. The molecule has 0 saturated heterocycles.